The predicted octanol–water partition coefficient (Wildman–Crippen LogP) is 9.69. The van der Waals surface area contributed by atoms with Crippen molar-refractivity contribution in [2.75, 3.05) is 26.4 Å². The molecule has 0 radical (unpaired) electrons. The molecule has 1 fully saturated rings. The fourth-order valence-corrected chi connectivity index (χ4v) is 6.81. The van der Waals surface area contributed by atoms with E-state index >= 15 is 0 Å². The van der Waals surface area contributed by atoms with Gasteiger partial charge in [0.15, 0.2) is 0 Å². The van der Waals surface area contributed by atoms with E-state index in [1.54, 1.807) is 0 Å². The second-order valence-electron chi connectivity index (χ2n) is 13.1. The molecule has 0 saturated heterocycles. The first-order chi connectivity index (χ1) is 25.3. The number of carboxylic acid groups (broad SMARTS) is 1. The maximum absolute atomic E-state index is 12.2. The SMILES string of the molecule is C=CC(=O)OCCCCCCOc1ccc(C2(OCCCCCCOC(=O)C=C)CCC(OC(=O)O)(c3ccccc3-c3ccccc3)CC2)cc1. The molecule has 1 aliphatic rings. The summed E-state index contributed by atoms with van der Waals surface area (Å²) in [4.78, 5) is 34.7. The summed E-state index contributed by atoms with van der Waals surface area (Å²) in [5, 5.41) is 9.99. The molecule has 0 aliphatic heterocycles. The number of carbonyl (C=O) groups is 3. The number of benzene rings is 3. The van der Waals surface area contributed by atoms with E-state index in [0.717, 1.165) is 79.4 Å². The van der Waals surface area contributed by atoms with Crippen LogP contribution < -0.4 is 4.74 Å². The first-order valence-electron chi connectivity index (χ1n) is 18.3. The van der Waals surface area contributed by atoms with Crippen LogP contribution in [-0.2, 0) is 39.7 Å². The van der Waals surface area contributed by atoms with Crippen molar-refractivity contribution in [1.29, 1.82) is 0 Å². The highest BCUT2D eigenvalue weighted by atomic mass is 16.7. The van der Waals surface area contributed by atoms with E-state index in [0.29, 0.717) is 52.1 Å². The molecule has 9 nitrogen and oxygen atoms in total. The summed E-state index contributed by atoms with van der Waals surface area (Å²) in [6.45, 7) is 8.70. The summed E-state index contributed by atoms with van der Waals surface area (Å²) in [6, 6.07) is 25.9. The summed E-state index contributed by atoms with van der Waals surface area (Å²) in [5.41, 5.74) is 2.16. The molecular weight excluding hydrogens is 660 g/mol. The minimum atomic E-state index is -1.30. The van der Waals surface area contributed by atoms with Crippen LogP contribution in [0.15, 0.2) is 104 Å². The van der Waals surface area contributed by atoms with Gasteiger partial charge in [-0.1, -0.05) is 86.3 Å². The van der Waals surface area contributed by atoms with Gasteiger partial charge >= 0.3 is 18.1 Å². The quantitative estimate of drug-likeness (QED) is 0.0470. The molecule has 3 aromatic rings. The fraction of sp³-hybridized carbons (Fsp3) is 0.419. The highest BCUT2D eigenvalue weighted by Gasteiger charge is 2.48. The summed E-state index contributed by atoms with van der Waals surface area (Å²) in [6.07, 6.45) is 10.1. The van der Waals surface area contributed by atoms with Crippen LogP contribution in [0.5, 0.6) is 5.75 Å². The van der Waals surface area contributed by atoms with Gasteiger partial charge in [0.05, 0.1) is 25.4 Å². The van der Waals surface area contributed by atoms with Crippen molar-refractivity contribution in [1.82, 2.24) is 0 Å². The largest absolute Gasteiger partial charge is 0.506 e. The third-order valence-electron chi connectivity index (χ3n) is 9.58. The number of hydrogen-bond acceptors (Lipinski definition) is 8. The Bertz CT molecular complexity index is 1570. The number of carbonyl (C=O) groups excluding carboxylic acids is 2. The van der Waals surface area contributed by atoms with Gasteiger partial charge in [-0.25, -0.2) is 14.4 Å². The average molecular weight is 713 g/mol. The minimum Gasteiger partial charge on any atom is -0.494 e. The zero-order valence-electron chi connectivity index (χ0n) is 30.1. The molecule has 0 unspecified atom stereocenters. The summed E-state index contributed by atoms with van der Waals surface area (Å²) in [5.74, 6) is -0.0321. The first-order valence-corrected chi connectivity index (χ1v) is 18.3. The molecule has 52 heavy (non-hydrogen) atoms. The van der Waals surface area contributed by atoms with Gasteiger partial charge in [0.25, 0.3) is 0 Å². The molecule has 0 spiro atoms. The van der Waals surface area contributed by atoms with Crippen LogP contribution in [-0.4, -0.2) is 49.6 Å². The lowest BCUT2D eigenvalue weighted by Gasteiger charge is -2.46. The number of hydrogen-bond donors (Lipinski definition) is 1. The van der Waals surface area contributed by atoms with E-state index in [-0.39, 0.29) is 0 Å². The van der Waals surface area contributed by atoms with E-state index in [1.807, 2.05) is 66.7 Å². The van der Waals surface area contributed by atoms with E-state index < -0.39 is 29.3 Å². The molecule has 1 saturated carbocycles. The van der Waals surface area contributed by atoms with Gasteiger partial charge in [-0.15, -0.1) is 0 Å². The molecular formula is C43H52O9. The topological polar surface area (TPSA) is 118 Å². The molecule has 1 aliphatic carbocycles. The predicted molar refractivity (Wildman–Crippen MR) is 200 cm³/mol. The van der Waals surface area contributed by atoms with Crippen LogP contribution in [0, 0.1) is 0 Å². The Morgan fingerprint density at radius 3 is 1.71 bits per heavy atom. The van der Waals surface area contributed by atoms with E-state index in [2.05, 4.69) is 25.3 Å². The number of ether oxygens (including phenoxy) is 5. The normalized spacial score (nSPS) is 18.2. The van der Waals surface area contributed by atoms with Crippen LogP contribution >= 0.6 is 0 Å². The van der Waals surface area contributed by atoms with Gasteiger partial charge < -0.3 is 28.8 Å². The van der Waals surface area contributed by atoms with Crippen molar-refractivity contribution < 1.29 is 43.2 Å². The van der Waals surface area contributed by atoms with Crippen LogP contribution in [0.3, 0.4) is 0 Å². The van der Waals surface area contributed by atoms with Crippen LogP contribution in [0.1, 0.15) is 88.2 Å². The Hall–Kier alpha value is -4.89. The lowest BCUT2D eigenvalue weighted by molar-refractivity contribution is -0.138. The molecule has 1 N–H and O–H groups in total. The Morgan fingerprint density at radius 1 is 0.615 bits per heavy atom. The van der Waals surface area contributed by atoms with Gasteiger partial charge in [-0.3, -0.25) is 0 Å². The van der Waals surface area contributed by atoms with Crippen molar-refractivity contribution in [2.24, 2.45) is 0 Å². The molecule has 3 aromatic carbocycles. The third kappa shape index (κ3) is 11.8. The summed E-state index contributed by atoms with van der Waals surface area (Å²) in [7, 11) is 0. The van der Waals surface area contributed by atoms with Crippen LogP contribution in [0.25, 0.3) is 11.1 Å². The Labute approximate surface area is 307 Å². The second kappa shape index (κ2) is 20.8. The van der Waals surface area contributed by atoms with Gasteiger partial charge in [0, 0.05) is 24.3 Å². The minimum absolute atomic E-state index is 0.368. The molecule has 4 rings (SSSR count). The Balaban J connectivity index is 1.44. The standard InChI is InChI=1S/C43H52O9/c1-3-39(44)49-31-15-6-5-14-30-48-36-24-22-35(23-25-36)42(51-33-17-8-7-16-32-50-40(45)4-2)26-28-43(29-27-42,52-41(46)47)38-21-13-12-20-37(38)34-18-10-9-11-19-34/h3-4,9-13,18-25H,1-2,5-8,14-17,26-33H2,(H,46,47). The second-order valence-corrected chi connectivity index (χ2v) is 13.1. The van der Waals surface area contributed by atoms with Crippen molar-refractivity contribution >= 4 is 18.1 Å². The number of esters is 2. The Morgan fingerprint density at radius 2 is 1.13 bits per heavy atom. The number of rotatable bonds is 22. The molecule has 0 heterocycles. The van der Waals surface area contributed by atoms with Gasteiger partial charge in [-0.05, 0) is 99.5 Å². The monoisotopic (exact) mass is 712 g/mol. The molecule has 278 valence electrons. The highest BCUT2D eigenvalue weighted by molar-refractivity contribution is 5.81. The molecule has 0 bridgehead atoms. The van der Waals surface area contributed by atoms with Crippen molar-refractivity contribution in [3.63, 3.8) is 0 Å². The zero-order valence-corrected chi connectivity index (χ0v) is 30.1. The smallest absolute Gasteiger partial charge is 0.494 e. The Kier molecular flexibility index (Phi) is 16.0. The van der Waals surface area contributed by atoms with Gasteiger partial charge in [-0.2, -0.15) is 0 Å². The molecule has 0 atom stereocenters. The van der Waals surface area contributed by atoms with Crippen molar-refractivity contribution in [3.8, 4) is 16.9 Å². The maximum Gasteiger partial charge on any atom is 0.506 e. The molecule has 0 amide bonds. The fourth-order valence-electron chi connectivity index (χ4n) is 6.81. The zero-order chi connectivity index (χ0) is 37.1. The highest BCUT2D eigenvalue weighted by Crippen LogP contribution is 2.52. The first kappa shape index (κ1) is 39.9. The molecule has 0 aromatic heterocycles. The maximum atomic E-state index is 12.2. The van der Waals surface area contributed by atoms with E-state index in [4.69, 9.17) is 23.7 Å². The summed E-state index contributed by atoms with van der Waals surface area (Å²) < 4.78 is 28.8. The van der Waals surface area contributed by atoms with E-state index in [9.17, 15) is 19.5 Å². The number of unbranched alkanes of at least 4 members (excludes halogenated alkanes) is 6. The third-order valence-corrected chi connectivity index (χ3v) is 9.58. The van der Waals surface area contributed by atoms with Crippen LogP contribution in [0.4, 0.5) is 4.79 Å². The average Bonchev–Trinajstić information content (AvgIpc) is 3.17. The summed E-state index contributed by atoms with van der Waals surface area (Å²) >= 11 is 0. The van der Waals surface area contributed by atoms with Crippen molar-refractivity contribution in [3.05, 3.63) is 115 Å². The lowest BCUT2D eigenvalue weighted by atomic mass is 9.69. The van der Waals surface area contributed by atoms with E-state index in [1.165, 1.54) is 12.2 Å². The molecule has 9 heteroatoms. The lowest BCUT2D eigenvalue weighted by Crippen LogP contribution is -2.44. The van der Waals surface area contributed by atoms with Gasteiger partial charge in [0.2, 0.25) is 0 Å². The van der Waals surface area contributed by atoms with Gasteiger partial charge in [0.1, 0.15) is 11.4 Å². The van der Waals surface area contributed by atoms with Crippen molar-refractivity contribution in [2.45, 2.75) is 88.3 Å². The van der Waals surface area contributed by atoms with Crippen LogP contribution in [0.2, 0.25) is 0 Å².